The maximum atomic E-state index is 11.7. The van der Waals surface area contributed by atoms with E-state index >= 15 is 0 Å². The second-order valence-electron chi connectivity index (χ2n) is 5.82. The smallest absolute Gasteiger partial charge is 0.315 e. The lowest BCUT2D eigenvalue weighted by Crippen LogP contribution is -2.49. The second kappa shape index (κ2) is 10.8. The zero-order valence-electron chi connectivity index (χ0n) is 15.3. The summed E-state index contributed by atoms with van der Waals surface area (Å²) in [5, 5.41) is 5.61. The number of carbonyl (C=O) groups is 3. The Bertz CT molecular complexity index is 830. The number of halogens is 1. The molecule has 28 heavy (non-hydrogen) atoms. The number of ether oxygens (including phenoxy) is 1. The number of carbonyl (C=O) groups excluding carboxylic acids is 3. The molecule has 148 valence electrons. The van der Waals surface area contributed by atoms with Gasteiger partial charge >= 0.3 is 6.03 Å². The molecule has 0 spiro atoms. The Morgan fingerprint density at radius 1 is 0.964 bits per heavy atom. The zero-order valence-corrected chi connectivity index (χ0v) is 16.0. The van der Waals surface area contributed by atoms with Crippen molar-refractivity contribution in [2.24, 2.45) is 0 Å². The number of hydrazine groups is 1. The fourth-order valence-corrected chi connectivity index (χ4v) is 2.19. The van der Waals surface area contributed by atoms with Crippen molar-refractivity contribution in [1.82, 2.24) is 21.5 Å². The highest BCUT2D eigenvalue weighted by Gasteiger charge is 2.08. The Morgan fingerprint density at radius 2 is 1.68 bits per heavy atom. The molecular weight excluding hydrogens is 384 g/mol. The summed E-state index contributed by atoms with van der Waals surface area (Å²) in [6, 6.07) is 13.9. The molecule has 0 saturated carbocycles. The van der Waals surface area contributed by atoms with Crippen LogP contribution in [0.4, 0.5) is 4.79 Å². The van der Waals surface area contributed by atoms with Crippen LogP contribution in [0, 0.1) is 6.92 Å². The summed E-state index contributed by atoms with van der Waals surface area (Å²) < 4.78 is 5.31. The highest BCUT2D eigenvalue weighted by atomic mass is 35.5. The molecule has 2 aromatic rings. The number of hydrogen-bond acceptors (Lipinski definition) is 4. The molecule has 0 aliphatic carbocycles. The van der Waals surface area contributed by atoms with Crippen molar-refractivity contribution in [2.75, 3.05) is 13.2 Å². The van der Waals surface area contributed by atoms with Crippen molar-refractivity contribution in [3.63, 3.8) is 0 Å². The van der Waals surface area contributed by atoms with Crippen LogP contribution in [0.15, 0.2) is 48.5 Å². The summed E-state index contributed by atoms with van der Waals surface area (Å²) in [7, 11) is 0. The van der Waals surface area contributed by atoms with Gasteiger partial charge in [0.05, 0.1) is 0 Å². The average molecular weight is 405 g/mol. The van der Waals surface area contributed by atoms with Gasteiger partial charge in [-0.25, -0.2) is 4.79 Å². The number of aryl methyl sites for hydroxylation is 1. The molecule has 8 nitrogen and oxygen atoms in total. The number of hydrogen-bond donors (Lipinski definition) is 4. The van der Waals surface area contributed by atoms with Crippen molar-refractivity contribution in [1.29, 1.82) is 0 Å². The zero-order chi connectivity index (χ0) is 20.4. The summed E-state index contributed by atoms with van der Waals surface area (Å²) in [4.78, 5) is 35.0. The molecule has 4 N–H and O–H groups in total. The normalized spacial score (nSPS) is 9.93. The van der Waals surface area contributed by atoms with Gasteiger partial charge in [-0.3, -0.25) is 20.4 Å². The average Bonchev–Trinajstić information content (AvgIpc) is 2.70. The molecule has 0 fully saturated rings. The number of nitrogens with one attached hydrogen (secondary N) is 4. The molecule has 0 bridgehead atoms. The first kappa shape index (κ1) is 21.0. The van der Waals surface area contributed by atoms with E-state index in [0.717, 1.165) is 11.1 Å². The fraction of sp³-hybridized carbons (Fsp3) is 0.211. The van der Waals surface area contributed by atoms with Gasteiger partial charge in [0, 0.05) is 11.6 Å². The molecule has 0 aromatic heterocycles. The summed E-state index contributed by atoms with van der Waals surface area (Å²) >= 11 is 5.91. The van der Waals surface area contributed by atoms with Gasteiger partial charge in [-0.05, 0) is 36.2 Å². The second-order valence-corrected chi connectivity index (χ2v) is 6.23. The van der Waals surface area contributed by atoms with Gasteiger partial charge in [0.2, 0.25) is 0 Å². The van der Waals surface area contributed by atoms with Crippen LogP contribution in [0.1, 0.15) is 11.1 Å². The summed E-state index contributed by atoms with van der Waals surface area (Å²) in [6.45, 7) is 1.58. The van der Waals surface area contributed by atoms with E-state index < -0.39 is 17.8 Å². The largest absolute Gasteiger partial charge is 0.484 e. The van der Waals surface area contributed by atoms with Crippen LogP contribution in [0.2, 0.25) is 5.02 Å². The van der Waals surface area contributed by atoms with Gasteiger partial charge in [0.1, 0.15) is 12.3 Å². The third-order valence-corrected chi connectivity index (χ3v) is 3.97. The molecule has 4 amide bonds. The Morgan fingerprint density at radius 3 is 2.39 bits per heavy atom. The van der Waals surface area contributed by atoms with Gasteiger partial charge in [0.15, 0.2) is 6.61 Å². The molecule has 2 rings (SSSR count). The van der Waals surface area contributed by atoms with Crippen LogP contribution < -0.4 is 26.2 Å². The van der Waals surface area contributed by atoms with Gasteiger partial charge in [-0.15, -0.1) is 0 Å². The highest BCUT2D eigenvalue weighted by molar-refractivity contribution is 6.31. The summed E-state index contributed by atoms with van der Waals surface area (Å²) in [5.74, 6) is -0.639. The Balaban J connectivity index is 1.60. The molecule has 0 heterocycles. The lowest BCUT2D eigenvalue weighted by atomic mass is 10.2. The third kappa shape index (κ3) is 7.55. The lowest BCUT2D eigenvalue weighted by molar-refractivity contribution is -0.129. The predicted molar refractivity (Wildman–Crippen MR) is 105 cm³/mol. The minimum Gasteiger partial charge on any atom is -0.484 e. The first-order chi connectivity index (χ1) is 13.4. The van der Waals surface area contributed by atoms with E-state index in [1.54, 1.807) is 18.2 Å². The molecule has 2 aromatic carbocycles. The maximum Gasteiger partial charge on any atom is 0.315 e. The monoisotopic (exact) mass is 404 g/mol. The molecular formula is C19H21ClN4O4. The van der Waals surface area contributed by atoms with Gasteiger partial charge in [-0.1, -0.05) is 41.9 Å². The fourth-order valence-electron chi connectivity index (χ4n) is 2.08. The summed E-state index contributed by atoms with van der Waals surface area (Å²) in [6.07, 6.45) is 0. The van der Waals surface area contributed by atoms with Crippen LogP contribution >= 0.6 is 11.6 Å². The first-order valence-corrected chi connectivity index (χ1v) is 8.84. The number of urea groups is 1. The molecule has 0 radical (unpaired) electrons. The van der Waals surface area contributed by atoms with E-state index in [2.05, 4.69) is 21.5 Å². The highest BCUT2D eigenvalue weighted by Crippen LogP contribution is 2.20. The van der Waals surface area contributed by atoms with Crippen LogP contribution in [-0.4, -0.2) is 31.0 Å². The van der Waals surface area contributed by atoms with Crippen LogP contribution in [0.5, 0.6) is 5.75 Å². The Labute approximate surface area is 167 Å². The standard InChI is InChI=1S/C19H21ClN4O4/c1-13-9-15(7-8-16(13)20)28-12-18(26)24-23-17(25)11-22-19(27)21-10-14-5-3-2-4-6-14/h2-9H,10-12H2,1H3,(H,23,25)(H,24,26)(H2,21,22,27). The molecule has 0 unspecified atom stereocenters. The Kier molecular flexibility index (Phi) is 8.11. The van der Waals surface area contributed by atoms with E-state index in [4.69, 9.17) is 16.3 Å². The van der Waals surface area contributed by atoms with Gasteiger partial charge in [0.25, 0.3) is 11.8 Å². The van der Waals surface area contributed by atoms with Crippen molar-refractivity contribution in [3.05, 3.63) is 64.7 Å². The van der Waals surface area contributed by atoms with E-state index in [0.29, 0.717) is 17.3 Å². The number of benzene rings is 2. The first-order valence-electron chi connectivity index (χ1n) is 8.46. The molecule has 0 aliphatic heterocycles. The number of amides is 4. The van der Waals surface area contributed by atoms with Crippen molar-refractivity contribution >= 4 is 29.4 Å². The predicted octanol–water partition coefficient (Wildman–Crippen LogP) is 1.67. The minimum absolute atomic E-state index is 0.285. The van der Waals surface area contributed by atoms with E-state index in [9.17, 15) is 14.4 Å². The SMILES string of the molecule is Cc1cc(OCC(=O)NNC(=O)CNC(=O)NCc2ccccc2)ccc1Cl. The minimum atomic E-state index is -0.578. The van der Waals surface area contributed by atoms with E-state index in [1.165, 1.54) is 0 Å². The molecule has 0 saturated heterocycles. The maximum absolute atomic E-state index is 11.7. The van der Waals surface area contributed by atoms with E-state index in [-0.39, 0.29) is 13.2 Å². The van der Waals surface area contributed by atoms with Crippen molar-refractivity contribution in [3.8, 4) is 5.75 Å². The van der Waals surface area contributed by atoms with E-state index in [1.807, 2.05) is 37.3 Å². The summed E-state index contributed by atoms with van der Waals surface area (Å²) in [5.41, 5.74) is 6.14. The molecule has 0 atom stereocenters. The topological polar surface area (TPSA) is 109 Å². The molecule has 9 heteroatoms. The number of rotatable bonds is 7. The van der Waals surface area contributed by atoms with Crippen LogP contribution in [0.25, 0.3) is 0 Å². The molecule has 0 aliphatic rings. The Hall–Kier alpha value is -3.26. The van der Waals surface area contributed by atoms with Gasteiger partial charge in [-0.2, -0.15) is 0 Å². The lowest BCUT2D eigenvalue weighted by Gasteiger charge is -2.10. The van der Waals surface area contributed by atoms with Crippen molar-refractivity contribution < 1.29 is 19.1 Å². The van der Waals surface area contributed by atoms with Crippen molar-refractivity contribution in [2.45, 2.75) is 13.5 Å². The third-order valence-electron chi connectivity index (χ3n) is 3.55. The van der Waals surface area contributed by atoms with Gasteiger partial charge < -0.3 is 15.4 Å². The quantitative estimate of drug-likeness (QED) is 0.526. The van der Waals surface area contributed by atoms with Crippen LogP contribution in [-0.2, 0) is 16.1 Å². The van der Waals surface area contributed by atoms with Crippen LogP contribution in [0.3, 0.4) is 0 Å².